The molecule has 7 nitrogen and oxygen atoms in total. The van der Waals surface area contributed by atoms with Gasteiger partial charge in [0.15, 0.2) is 0 Å². The summed E-state index contributed by atoms with van der Waals surface area (Å²) in [4.78, 5) is 28.3. The molecular weight excluding hydrogens is 546 g/mol. The molecule has 0 spiro atoms. The summed E-state index contributed by atoms with van der Waals surface area (Å²) >= 11 is 2.59. The van der Waals surface area contributed by atoms with Gasteiger partial charge in [0.1, 0.15) is 21.1 Å². The number of nitrogens with one attached hydrogen (secondary N) is 2. The first kappa shape index (κ1) is 21.2. The van der Waals surface area contributed by atoms with Gasteiger partial charge in [-0.3, -0.25) is 14.7 Å². The van der Waals surface area contributed by atoms with E-state index in [4.69, 9.17) is 5.73 Å². The van der Waals surface area contributed by atoms with Gasteiger partial charge in [0, 0.05) is 5.39 Å². The van der Waals surface area contributed by atoms with Crippen LogP contribution >= 0.6 is 33.9 Å². The second kappa shape index (κ2) is 7.92. The second-order valence-electron chi connectivity index (χ2n) is 6.32. The van der Waals surface area contributed by atoms with Gasteiger partial charge in [-0.1, -0.05) is 30.3 Å². The molecule has 4 N–H and O–H groups in total. The van der Waals surface area contributed by atoms with E-state index in [1.807, 2.05) is 22.6 Å². The van der Waals surface area contributed by atoms with Crippen molar-refractivity contribution in [2.45, 2.75) is 6.18 Å². The standard InChI is InChI=1S/C19H11F3IN5O2S/c20-19(21,22)11-6-9(8-4-2-1-3-5-8)12-14(15(16(24)29)31-18(12)26-11)27-17(30)13-10(23)7-25-28-13/h1-7H,(H2,24,29)(H,25,28)(H,27,30). The Hall–Kier alpha value is -3.00. The molecule has 0 bridgehead atoms. The first-order chi connectivity index (χ1) is 14.7. The number of carbonyl (C=O) groups is 2. The molecule has 2 amide bonds. The fraction of sp³-hybridized carbons (Fsp3) is 0.0526. The number of hydrogen-bond donors (Lipinski definition) is 3. The summed E-state index contributed by atoms with van der Waals surface area (Å²) in [6, 6.07) is 9.20. The lowest BCUT2D eigenvalue weighted by Gasteiger charge is -2.12. The zero-order chi connectivity index (χ0) is 22.3. The van der Waals surface area contributed by atoms with Crippen molar-refractivity contribution >= 4 is 61.6 Å². The molecule has 158 valence electrons. The third-order valence-electron chi connectivity index (χ3n) is 4.32. The van der Waals surface area contributed by atoms with Crippen LogP contribution in [0.3, 0.4) is 0 Å². The van der Waals surface area contributed by atoms with Gasteiger partial charge < -0.3 is 11.1 Å². The highest BCUT2D eigenvalue weighted by atomic mass is 127. The van der Waals surface area contributed by atoms with Crippen molar-refractivity contribution in [3.63, 3.8) is 0 Å². The molecule has 4 aromatic rings. The van der Waals surface area contributed by atoms with Gasteiger partial charge in [-0.25, -0.2) is 4.98 Å². The molecule has 0 aliphatic rings. The highest BCUT2D eigenvalue weighted by molar-refractivity contribution is 14.1. The van der Waals surface area contributed by atoms with Gasteiger partial charge >= 0.3 is 6.18 Å². The Bertz CT molecular complexity index is 1320. The van der Waals surface area contributed by atoms with Gasteiger partial charge in [0.2, 0.25) is 0 Å². The maximum absolute atomic E-state index is 13.5. The number of nitrogens with zero attached hydrogens (tertiary/aromatic N) is 2. The number of primary amides is 1. The number of fused-ring (bicyclic) bond motifs is 1. The molecular formula is C19H11F3IN5O2S. The number of aromatic nitrogens is 3. The molecule has 1 aromatic carbocycles. The summed E-state index contributed by atoms with van der Waals surface area (Å²) in [6.07, 6.45) is -3.27. The third-order valence-corrected chi connectivity index (χ3v) is 6.24. The Morgan fingerprint density at radius 2 is 1.90 bits per heavy atom. The molecule has 0 fully saturated rings. The van der Waals surface area contributed by atoms with E-state index >= 15 is 0 Å². The van der Waals surface area contributed by atoms with Crippen LogP contribution in [0, 0.1) is 3.57 Å². The molecule has 31 heavy (non-hydrogen) atoms. The number of H-pyrrole nitrogens is 1. The highest BCUT2D eigenvalue weighted by Crippen LogP contribution is 2.43. The number of amides is 2. The summed E-state index contributed by atoms with van der Waals surface area (Å²) in [5, 5.41) is 9.11. The molecule has 0 radical (unpaired) electrons. The van der Waals surface area contributed by atoms with E-state index in [0.717, 1.165) is 6.07 Å². The Morgan fingerprint density at radius 1 is 1.19 bits per heavy atom. The van der Waals surface area contributed by atoms with Crippen LogP contribution in [-0.2, 0) is 6.18 Å². The van der Waals surface area contributed by atoms with E-state index in [2.05, 4.69) is 20.5 Å². The van der Waals surface area contributed by atoms with Crippen LogP contribution in [0.4, 0.5) is 18.9 Å². The Kier molecular flexibility index (Phi) is 5.43. The van der Waals surface area contributed by atoms with Gasteiger partial charge in [-0.2, -0.15) is 18.3 Å². The number of hydrogen-bond acceptors (Lipinski definition) is 5. The SMILES string of the molecule is NC(=O)c1sc2nc(C(F)(F)F)cc(-c3ccccc3)c2c1NC(=O)c1[nH]ncc1I. The first-order valence-corrected chi connectivity index (χ1v) is 10.5. The van der Waals surface area contributed by atoms with Crippen molar-refractivity contribution in [2.75, 3.05) is 5.32 Å². The number of aromatic amines is 1. The molecule has 3 heterocycles. The van der Waals surface area contributed by atoms with Crippen molar-refractivity contribution in [1.29, 1.82) is 0 Å². The van der Waals surface area contributed by atoms with Crippen LogP contribution in [0.15, 0.2) is 42.6 Å². The smallest absolute Gasteiger partial charge is 0.365 e. The van der Waals surface area contributed by atoms with Crippen molar-refractivity contribution < 1.29 is 22.8 Å². The number of benzene rings is 1. The number of anilines is 1. The number of rotatable bonds is 4. The van der Waals surface area contributed by atoms with Crippen molar-refractivity contribution in [3.05, 3.63) is 62.4 Å². The molecule has 0 aliphatic carbocycles. The molecule has 4 rings (SSSR count). The average molecular weight is 557 g/mol. The Labute approximate surface area is 190 Å². The quantitative estimate of drug-likeness (QED) is 0.317. The monoisotopic (exact) mass is 557 g/mol. The predicted octanol–water partition coefficient (Wildman–Crippen LogP) is 4.66. The molecule has 0 saturated heterocycles. The number of pyridine rings is 1. The molecule has 0 aliphatic heterocycles. The van der Waals surface area contributed by atoms with Crippen LogP contribution in [0.1, 0.15) is 25.9 Å². The maximum atomic E-state index is 13.5. The van der Waals surface area contributed by atoms with Crippen LogP contribution in [0.5, 0.6) is 0 Å². The maximum Gasteiger partial charge on any atom is 0.433 e. The predicted molar refractivity (Wildman–Crippen MR) is 118 cm³/mol. The van der Waals surface area contributed by atoms with Crippen molar-refractivity contribution in [1.82, 2.24) is 15.2 Å². The summed E-state index contributed by atoms with van der Waals surface area (Å²) < 4.78 is 41.0. The van der Waals surface area contributed by atoms with Crippen LogP contribution in [-0.4, -0.2) is 27.0 Å². The number of carbonyl (C=O) groups excluding carboxylic acids is 2. The normalized spacial score (nSPS) is 11.6. The number of alkyl halides is 3. The molecule has 0 atom stereocenters. The van der Waals surface area contributed by atoms with Crippen LogP contribution in [0.2, 0.25) is 0 Å². The first-order valence-electron chi connectivity index (χ1n) is 8.57. The van der Waals surface area contributed by atoms with Gasteiger partial charge in [-0.05, 0) is 39.8 Å². The van der Waals surface area contributed by atoms with Gasteiger partial charge in [0.25, 0.3) is 11.8 Å². The summed E-state index contributed by atoms with van der Waals surface area (Å²) in [5.41, 5.74) is 5.11. The Morgan fingerprint density at radius 3 is 2.48 bits per heavy atom. The van der Waals surface area contributed by atoms with Crippen molar-refractivity contribution in [3.8, 4) is 11.1 Å². The summed E-state index contributed by atoms with van der Waals surface area (Å²) in [6.45, 7) is 0. The zero-order valence-corrected chi connectivity index (χ0v) is 18.2. The minimum atomic E-state index is -4.70. The number of nitrogens with two attached hydrogens (primary N) is 1. The largest absolute Gasteiger partial charge is 0.433 e. The van der Waals surface area contributed by atoms with E-state index in [1.54, 1.807) is 30.3 Å². The lowest BCUT2D eigenvalue weighted by atomic mass is 10.0. The van der Waals surface area contributed by atoms with E-state index in [9.17, 15) is 22.8 Å². The van der Waals surface area contributed by atoms with E-state index in [0.29, 0.717) is 20.5 Å². The van der Waals surface area contributed by atoms with Crippen LogP contribution in [0.25, 0.3) is 21.3 Å². The zero-order valence-electron chi connectivity index (χ0n) is 15.2. The molecule has 0 unspecified atom stereocenters. The lowest BCUT2D eigenvalue weighted by molar-refractivity contribution is -0.140. The van der Waals surface area contributed by atoms with Crippen LogP contribution < -0.4 is 11.1 Å². The molecule has 12 heteroatoms. The topological polar surface area (TPSA) is 114 Å². The van der Waals surface area contributed by atoms with Gasteiger partial charge in [0.05, 0.1) is 15.5 Å². The minimum Gasteiger partial charge on any atom is -0.365 e. The second-order valence-corrected chi connectivity index (χ2v) is 8.48. The fourth-order valence-corrected chi connectivity index (χ4v) is 4.50. The third kappa shape index (κ3) is 3.99. The minimum absolute atomic E-state index is 0.00276. The van der Waals surface area contributed by atoms with E-state index in [-0.39, 0.29) is 32.0 Å². The molecule has 3 aromatic heterocycles. The Balaban J connectivity index is 2.00. The lowest BCUT2D eigenvalue weighted by Crippen LogP contribution is -2.18. The number of thiophene rings is 1. The summed E-state index contributed by atoms with van der Waals surface area (Å²) in [5.74, 6) is -1.52. The van der Waals surface area contributed by atoms with E-state index < -0.39 is 23.7 Å². The average Bonchev–Trinajstić information content (AvgIpc) is 3.31. The summed E-state index contributed by atoms with van der Waals surface area (Å²) in [7, 11) is 0. The molecule has 0 saturated carbocycles. The fourth-order valence-electron chi connectivity index (χ4n) is 2.99. The number of halogens is 4. The van der Waals surface area contributed by atoms with Crippen molar-refractivity contribution in [2.24, 2.45) is 5.73 Å². The van der Waals surface area contributed by atoms with Gasteiger partial charge in [-0.15, -0.1) is 11.3 Å². The van der Waals surface area contributed by atoms with E-state index in [1.165, 1.54) is 6.20 Å². The highest BCUT2D eigenvalue weighted by Gasteiger charge is 2.35.